The van der Waals surface area contributed by atoms with Crippen molar-refractivity contribution in [2.75, 3.05) is 37.6 Å². The fraction of sp³-hybridized carbons (Fsp3) is 0.667. The van der Waals surface area contributed by atoms with Crippen LogP contribution < -0.4 is 4.90 Å². The second kappa shape index (κ2) is 6.34. The van der Waals surface area contributed by atoms with Gasteiger partial charge in [0.2, 0.25) is 0 Å². The van der Waals surface area contributed by atoms with Crippen LogP contribution in [0.1, 0.15) is 25.1 Å². The van der Waals surface area contributed by atoms with E-state index in [0.717, 1.165) is 55.3 Å². The first-order chi connectivity index (χ1) is 12.2. The van der Waals surface area contributed by atoms with Gasteiger partial charge in [-0.05, 0) is 24.9 Å². The SMILES string of the molecule is CC(C)CN1CCC2(C1)CN(c1ncnc3sc(CC(F)(F)F)cc13)C2. The number of anilines is 1. The topological polar surface area (TPSA) is 32.3 Å². The molecule has 142 valence electrons. The number of nitrogens with zero attached hydrogens (tertiary/aromatic N) is 4. The monoisotopic (exact) mass is 384 g/mol. The minimum absolute atomic E-state index is 0.300. The van der Waals surface area contributed by atoms with Gasteiger partial charge in [-0.1, -0.05) is 13.8 Å². The lowest BCUT2D eigenvalue weighted by Gasteiger charge is -2.49. The summed E-state index contributed by atoms with van der Waals surface area (Å²) >= 11 is 1.12. The van der Waals surface area contributed by atoms with Gasteiger partial charge in [0.05, 0.1) is 11.8 Å². The Bertz CT molecular complexity index is 795. The van der Waals surface area contributed by atoms with Crippen molar-refractivity contribution < 1.29 is 13.2 Å². The largest absolute Gasteiger partial charge is 0.393 e. The second-order valence-electron chi connectivity index (χ2n) is 8.16. The number of likely N-dealkylation sites (tertiary alicyclic amines) is 1. The molecule has 0 bridgehead atoms. The lowest BCUT2D eigenvalue weighted by molar-refractivity contribution is -0.126. The van der Waals surface area contributed by atoms with E-state index in [2.05, 4.69) is 33.6 Å². The number of hydrogen-bond donors (Lipinski definition) is 0. The number of hydrogen-bond acceptors (Lipinski definition) is 5. The summed E-state index contributed by atoms with van der Waals surface area (Å²) in [4.78, 5) is 14.2. The van der Waals surface area contributed by atoms with Gasteiger partial charge in [-0.2, -0.15) is 13.2 Å². The molecule has 0 saturated carbocycles. The Kier molecular flexibility index (Phi) is 4.38. The third-order valence-electron chi connectivity index (χ3n) is 5.23. The summed E-state index contributed by atoms with van der Waals surface area (Å²) < 4.78 is 38.1. The molecule has 0 amide bonds. The van der Waals surface area contributed by atoms with Gasteiger partial charge >= 0.3 is 6.18 Å². The molecule has 1 spiro atoms. The molecule has 4 rings (SSSR count). The van der Waals surface area contributed by atoms with Crippen LogP contribution >= 0.6 is 11.3 Å². The van der Waals surface area contributed by atoms with Gasteiger partial charge in [-0.3, -0.25) is 0 Å². The first-order valence-corrected chi connectivity index (χ1v) is 9.82. The molecular formula is C18H23F3N4S. The maximum Gasteiger partial charge on any atom is 0.393 e. The molecule has 2 fully saturated rings. The van der Waals surface area contributed by atoms with Crippen molar-refractivity contribution in [2.45, 2.75) is 32.9 Å². The van der Waals surface area contributed by atoms with E-state index in [1.165, 1.54) is 12.7 Å². The maximum absolute atomic E-state index is 12.7. The molecule has 0 atom stereocenters. The predicted octanol–water partition coefficient (Wildman–Crippen LogP) is 3.96. The molecule has 0 N–H and O–H groups in total. The third kappa shape index (κ3) is 3.53. The smallest absolute Gasteiger partial charge is 0.355 e. The molecule has 2 aliphatic heterocycles. The quantitative estimate of drug-likeness (QED) is 0.799. The Balaban J connectivity index is 1.49. The van der Waals surface area contributed by atoms with Crippen molar-refractivity contribution in [3.8, 4) is 0 Å². The van der Waals surface area contributed by atoms with Gasteiger partial charge in [0.1, 0.15) is 17.0 Å². The summed E-state index contributed by atoms with van der Waals surface area (Å²) in [7, 11) is 0. The number of halogens is 3. The van der Waals surface area contributed by atoms with Gasteiger partial charge in [-0.25, -0.2) is 9.97 Å². The van der Waals surface area contributed by atoms with Crippen LogP contribution in [0.15, 0.2) is 12.4 Å². The molecule has 2 aliphatic rings. The Morgan fingerprint density at radius 2 is 2.00 bits per heavy atom. The average molecular weight is 384 g/mol. The molecule has 2 aromatic rings. The van der Waals surface area contributed by atoms with Crippen LogP contribution in [-0.4, -0.2) is 53.8 Å². The Morgan fingerprint density at radius 1 is 1.23 bits per heavy atom. The summed E-state index contributed by atoms with van der Waals surface area (Å²) in [6.07, 6.45) is -2.44. The molecule has 8 heteroatoms. The van der Waals surface area contributed by atoms with E-state index in [4.69, 9.17) is 0 Å². The van der Waals surface area contributed by atoms with E-state index in [0.29, 0.717) is 21.0 Å². The Labute approximate surface area is 155 Å². The predicted molar refractivity (Wildman–Crippen MR) is 97.7 cm³/mol. The van der Waals surface area contributed by atoms with Crippen molar-refractivity contribution >= 4 is 27.4 Å². The summed E-state index contributed by atoms with van der Waals surface area (Å²) in [5, 5.41) is 0.753. The molecule has 4 nitrogen and oxygen atoms in total. The minimum Gasteiger partial charge on any atom is -0.355 e. The van der Waals surface area contributed by atoms with Crippen LogP contribution in [0.25, 0.3) is 10.2 Å². The molecule has 2 saturated heterocycles. The lowest BCUT2D eigenvalue weighted by atomic mass is 9.79. The molecule has 0 aliphatic carbocycles. The normalized spacial score (nSPS) is 20.5. The standard InChI is InChI=1S/C18H23F3N4S/c1-12(2)7-24-4-3-17(8-24)9-25(10-17)15-14-5-13(6-18(19,20)21)26-16(14)23-11-22-15/h5,11-12H,3-4,6-10H2,1-2H3. The van der Waals surface area contributed by atoms with E-state index in [1.54, 1.807) is 6.07 Å². The van der Waals surface area contributed by atoms with Crippen molar-refractivity contribution in [2.24, 2.45) is 11.3 Å². The highest BCUT2D eigenvalue weighted by atomic mass is 32.1. The van der Waals surface area contributed by atoms with Crippen molar-refractivity contribution in [1.29, 1.82) is 0 Å². The highest BCUT2D eigenvalue weighted by Gasteiger charge is 2.48. The first kappa shape index (κ1) is 18.0. The van der Waals surface area contributed by atoms with Gasteiger partial charge < -0.3 is 9.80 Å². The van der Waals surface area contributed by atoms with Crippen molar-refractivity contribution in [3.63, 3.8) is 0 Å². The zero-order valence-electron chi connectivity index (χ0n) is 15.0. The summed E-state index contributed by atoms with van der Waals surface area (Å²) in [5.41, 5.74) is 0.316. The zero-order chi connectivity index (χ0) is 18.5. The van der Waals surface area contributed by atoms with E-state index in [1.807, 2.05) is 0 Å². The second-order valence-corrected chi connectivity index (χ2v) is 9.27. The molecular weight excluding hydrogens is 361 g/mol. The van der Waals surface area contributed by atoms with Crippen molar-refractivity contribution in [3.05, 3.63) is 17.3 Å². The van der Waals surface area contributed by atoms with E-state index in [9.17, 15) is 13.2 Å². The highest BCUT2D eigenvalue weighted by molar-refractivity contribution is 7.18. The highest BCUT2D eigenvalue weighted by Crippen LogP contribution is 2.43. The average Bonchev–Trinajstić information content (AvgIpc) is 3.06. The van der Waals surface area contributed by atoms with Crippen LogP contribution in [0, 0.1) is 11.3 Å². The fourth-order valence-corrected chi connectivity index (χ4v) is 5.32. The van der Waals surface area contributed by atoms with Crippen LogP contribution in [0.4, 0.5) is 19.0 Å². The fourth-order valence-electron chi connectivity index (χ4n) is 4.30. The van der Waals surface area contributed by atoms with Gasteiger partial charge in [-0.15, -0.1) is 11.3 Å². The third-order valence-corrected chi connectivity index (χ3v) is 6.27. The van der Waals surface area contributed by atoms with E-state index < -0.39 is 12.6 Å². The van der Waals surface area contributed by atoms with Crippen LogP contribution in [0.3, 0.4) is 0 Å². The van der Waals surface area contributed by atoms with Gasteiger partial charge in [0.25, 0.3) is 0 Å². The zero-order valence-corrected chi connectivity index (χ0v) is 15.8. The minimum atomic E-state index is -4.20. The molecule has 2 aromatic heterocycles. The summed E-state index contributed by atoms with van der Waals surface area (Å²) in [6.45, 7) is 9.72. The summed E-state index contributed by atoms with van der Waals surface area (Å²) in [6, 6.07) is 1.62. The van der Waals surface area contributed by atoms with Gasteiger partial charge in [0, 0.05) is 36.5 Å². The van der Waals surface area contributed by atoms with Crippen LogP contribution in [0.2, 0.25) is 0 Å². The van der Waals surface area contributed by atoms with E-state index >= 15 is 0 Å². The number of fused-ring (bicyclic) bond motifs is 1. The maximum atomic E-state index is 12.7. The van der Waals surface area contributed by atoms with Crippen LogP contribution in [-0.2, 0) is 6.42 Å². The van der Waals surface area contributed by atoms with Crippen LogP contribution in [0.5, 0.6) is 0 Å². The van der Waals surface area contributed by atoms with Gasteiger partial charge in [0.15, 0.2) is 0 Å². The van der Waals surface area contributed by atoms with E-state index in [-0.39, 0.29) is 0 Å². The Hall–Kier alpha value is -1.41. The number of alkyl halides is 3. The molecule has 0 radical (unpaired) electrons. The molecule has 4 heterocycles. The Morgan fingerprint density at radius 3 is 2.69 bits per heavy atom. The lowest BCUT2D eigenvalue weighted by Crippen LogP contribution is -2.58. The van der Waals surface area contributed by atoms with Crippen molar-refractivity contribution in [1.82, 2.24) is 14.9 Å². The number of aromatic nitrogens is 2. The number of rotatable bonds is 4. The molecule has 0 unspecified atom stereocenters. The number of thiophene rings is 1. The first-order valence-electron chi connectivity index (χ1n) is 9.01. The molecule has 26 heavy (non-hydrogen) atoms. The summed E-state index contributed by atoms with van der Waals surface area (Å²) in [5.74, 6) is 1.45. The molecule has 0 aromatic carbocycles.